The zero-order valence-corrected chi connectivity index (χ0v) is 21.1. The molecular weight excluding hydrogens is 498 g/mol. The summed E-state index contributed by atoms with van der Waals surface area (Å²) in [5.41, 5.74) is 8.13. The van der Waals surface area contributed by atoms with Crippen LogP contribution in [-0.2, 0) is 32.0 Å². The van der Waals surface area contributed by atoms with Gasteiger partial charge in [-0.1, -0.05) is 18.2 Å². The number of carbonyl (C=O) groups excluding carboxylic acids is 3. The number of hydrogen-bond donors (Lipinski definition) is 7. The first-order valence-electron chi connectivity index (χ1n) is 11.7. The van der Waals surface area contributed by atoms with E-state index in [1.54, 1.807) is 18.0 Å². The SMILES string of the molecule is CSCCC(N)C(=O)NC(Cc1cnc[nH]1)C(=O)NCC(=O)NC(Cc1c[nH]c2ccccc12)C(=O)O. The number of rotatable bonds is 14. The fourth-order valence-electron chi connectivity index (χ4n) is 3.74. The molecule has 0 bridgehead atoms. The Morgan fingerprint density at radius 2 is 1.86 bits per heavy atom. The molecule has 0 saturated carbocycles. The number of thioether (sulfide) groups is 1. The van der Waals surface area contributed by atoms with Gasteiger partial charge in [0.15, 0.2) is 0 Å². The minimum Gasteiger partial charge on any atom is -0.480 e. The molecule has 0 spiro atoms. The summed E-state index contributed by atoms with van der Waals surface area (Å²) in [5.74, 6) is -2.28. The van der Waals surface area contributed by atoms with Crippen molar-refractivity contribution in [2.75, 3.05) is 18.6 Å². The maximum Gasteiger partial charge on any atom is 0.326 e. The van der Waals surface area contributed by atoms with Gasteiger partial charge in [0.2, 0.25) is 17.7 Å². The number of nitrogens with zero attached hydrogens (tertiary/aromatic N) is 1. The van der Waals surface area contributed by atoms with E-state index < -0.39 is 48.4 Å². The van der Waals surface area contributed by atoms with E-state index in [1.165, 1.54) is 12.5 Å². The number of benzene rings is 1. The lowest BCUT2D eigenvalue weighted by atomic mass is 10.0. The molecule has 13 heteroatoms. The molecule has 0 aliphatic heterocycles. The van der Waals surface area contributed by atoms with Crippen LogP contribution in [-0.4, -0.2) is 80.4 Å². The first-order valence-corrected chi connectivity index (χ1v) is 13.0. The van der Waals surface area contributed by atoms with Crippen LogP contribution >= 0.6 is 11.8 Å². The number of imidazole rings is 1. The third-order valence-corrected chi connectivity index (χ3v) is 6.38. The lowest BCUT2D eigenvalue weighted by Crippen LogP contribution is -2.54. The number of nitrogens with one attached hydrogen (secondary N) is 5. The molecule has 2 aromatic heterocycles. The number of aliphatic carboxylic acids is 1. The number of nitrogens with two attached hydrogens (primary N) is 1. The fourth-order valence-corrected chi connectivity index (χ4v) is 4.23. The van der Waals surface area contributed by atoms with Crippen LogP contribution in [0.1, 0.15) is 17.7 Å². The van der Waals surface area contributed by atoms with Crippen LogP contribution in [0.25, 0.3) is 10.9 Å². The minimum atomic E-state index is -1.20. The van der Waals surface area contributed by atoms with Gasteiger partial charge in [0, 0.05) is 41.8 Å². The number of fused-ring (bicyclic) bond motifs is 1. The predicted molar refractivity (Wildman–Crippen MR) is 140 cm³/mol. The van der Waals surface area contributed by atoms with Gasteiger partial charge in [0.1, 0.15) is 12.1 Å². The number of carbonyl (C=O) groups is 4. The van der Waals surface area contributed by atoms with E-state index in [0.29, 0.717) is 17.9 Å². The molecule has 0 saturated heterocycles. The molecule has 3 amide bonds. The van der Waals surface area contributed by atoms with Crippen LogP contribution in [0.5, 0.6) is 0 Å². The molecule has 2 heterocycles. The molecule has 8 N–H and O–H groups in total. The summed E-state index contributed by atoms with van der Waals surface area (Å²) in [6.45, 7) is -0.468. The highest BCUT2D eigenvalue weighted by Gasteiger charge is 2.26. The van der Waals surface area contributed by atoms with E-state index in [-0.39, 0.29) is 12.8 Å². The highest BCUT2D eigenvalue weighted by molar-refractivity contribution is 7.98. The molecule has 12 nitrogen and oxygen atoms in total. The number of H-pyrrole nitrogens is 2. The smallest absolute Gasteiger partial charge is 0.326 e. The first kappa shape index (κ1) is 27.7. The number of carboxylic acids is 1. The van der Waals surface area contributed by atoms with Crippen molar-refractivity contribution in [2.45, 2.75) is 37.4 Å². The van der Waals surface area contributed by atoms with Crippen molar-refractivity contribution in [3.05, 3.63) is 54.2 Å². The van der Waals surface area contributed by atoms with Crippen LogP contribution in [0.15, 0.2) is 43.0 Å². The van der Waals surface area contributed by atoms with Gasteiger partial charge in [-0.2, -0.15) is 11.8 Å². The van der Waals surface area contributed by atoms with Crippen molar-refractivity contribution in [2.24, 2.45) is 5.73 Å². The number of carboxylic acid groups (broad SMARTS) is 1. The van der Waals surface area contributed by atoms with Gasteiger partial charge < -0.3 is 36.8 Å². The molecule has 198 valence electrons. The number of hydrogen-bond acceptors (Lipinski definition) is 7. The first-order chi connectivity index (χ1) is 17.8. The molecule has 1 aromatic carbocycles. The van der Waals surface area contributed by atoms with Crippen molar-refractivity contribution < 1.29 is 24.3 Å². The Morgan fingerprint density at radius 3 is 2.57 bits per heavy atom. The largest absolute Gasteiger partial charge is 0.480 e. The van der Waals surface area contributed by atoms with Gasteiger partial charge in [0.25, 0.3) is 0 Å². The van der Waals surface area contributed by atoms with Gasteiger partial charge in [-0.05, 0) is 30.1 Å². The zero-order chi connectivity index (χ0) is 26.8. The Balaban J connectivity index is 1.59. The van der Waals surface area contributed by atoms with Crippen molar-refractivity contribution in [3.8, 4) is 0 Å². The molecule has 3 rings (SSSR count). The Kier molecular flexibility index (Phi) is 10.1. The summed E-state index contributed by atoms with van der Waals surface area (Å²) >= 11 is 1.56. The Labute approximate surface area is 217 Å². The highest BCUT2D eigenvalue weighted by Crippen LogP contribution is 2.19. The summed E-state index contributed by atoms with van der Waals surface area (Å²) in [7, 11) is 0. The van der Waals surface area contributed by atoms with Crippen LogP contribution in [0.3, 0.4) is 0 Å². The standard InChI is InChI=1S/C24H31N7O5S/c1-37-7-6-17(25)22(33)31-19(9-15-11-26-13-29-15)23(34)28-12-21(32)30-20(24(35)36)8-14-10-27-18-5-3-2-4-16(14)18/h2-5,10-11,13,17,19-20,27H,6-9,12,25H2,1H3,(H,26,29)(H,28,34)(H,30,32)(H,31,33)(H,35,36). The van der Waals surface area contributed by atoms with E-state index in [2.05, 4.69) is 30.9 Å². The summed E-state index contributed by atoms with van der Waals surface area (Å²) in [5, 5.41) is 18.0. The van der Waals surface area contributed by atoms with Crippen molar-refractivity contribution in [1.82, 2.24) is 30.9 Å². The van der Waals surface area contributed by atoms with Gasteiger partial charge in [-0.3, -0.25) is 14.4 Å². The maximum atomic E-state index is 12.9. The molecule has 3 unspecified atom stereocenters. The second-order valence-corrected chi connectivity index (χ2v) is 9.46. The number of aromatic nitrogens is 3. The van der Waals surface area contributed by atoms with Crippen LogP contribution in [0.2, 0.25) is 0 Å². The van der Waals surface area contributed by atoms with Gasteiger partial charge in [-0.25, -0.2) is 9.78 Å². The molecule has 0 aliphatic carbocycles. The quantitative estimate of drug-likeness (QED) is 0.151. The lowest BCUT2D eigenvalue weighted by Gasteiger charge is -2.20. The lowest BCUT2D eigenvalue weighted by molar-refractivity contribution is -0.141. The third kappa shape index (κ3) is 8.08. The normalized spacial score (nSPS) is 13.5. The minimum absolute atomic E-state index is 0.0610. The molecule has 3 aromatic rings. The monoisotopic (exact) mass is 529 g/mol. The fraction of sp³-hybridized carbons (Fsp3) is 0.375. The Hall–Kier alpha value is -3.84. The van der Waals surface area contributed by atoms with E-state index in [0.717, 1.165) is 16.5 Å². The maximum absolute atomic E-state index is 12.9. The van der Waals surface area contributed by atoms with Gasteiger partial charge in [-0.15, -0.1) is 0 Å². The van der Waals surface area contributed by atoms with Crippen molar-refractivity contribution in [1.29, 1.82) is 0 Å². The molecule has 0 aliphatic rings. The average molecular weight is 530 g/mol. The van der Waals surface area contributed by atoms with E-state index >= 15 is 0 Å². The predicted octanol–water partition coefficient (Wildman–Crippen LogP) is -0.0730. The number of aromatic amines is 2. The summed E-state index contributed by atoms with van der Waals surface area (Å²) in [6, 6.07) is 4.45. The van der Waals surface area contributed by atoms with Gasteiger partial charge >= 0.3 is 5.97 Å². The molecule has 0 radical (unpaired) electrons. The van der Waals surface area contributed by atoms with Crippen LogP contribution in [0.4, 0.5) is 0 Å². The van der Waals surface area contributed by atoms with Crippen LogP contribution < -0.4 is 21.7 Å². The summed E-state index contributed by atoms with van der Waals surface area (Å²) < 4.78 is 0. The van der Waals surface area contributed by atoms with Crippen molar-refractivity contribution >= 4 is 46.4 Å². The molecule has 0 fully saturated rings. The van der Waals surface area contributed by atoms with Crippen molar-refractivity contribution in [3.63, 3.8) is 0 Å². The van der Waals surface area contributed by atoms with E-state index in [9.17, 15) is 24.3 Å². The van der Waals surface area contributed by atoms with Gasteiger partial charge in [0.05, 0.1) is 18.9 Å². The molecule has 3 atom stereocenters. The Morgan fingerprint density at radius 1 is 1.08 bits per heavy atom. The zero-order valence-electron chi connectivity index (χ0n) is 20.3. The topological polar surface area (TPSA) is 195 Å². The number of amides is 3. The second kappa shape index (κ2) is 13.5. The average Bonchev–Trinajstić information content (AvgIpc) is 3.55. The Bertz CT molecular complexity index is 1210. The summed E-state index contributed by atoms with van der Waals surface area (Å²) in [6.07, 6.45) is 7.19. The molecular formula is C24H31N7O5S. The third-order valence-electron chi connectivity index (χ3n) is 5.74. The van der Waals surface area contributed by atoms with E-state index in [1.807, 2.05) is 30.5 Å². The molecule has 37 heavy (non-hydrogen) atoms. The van der Waals surface area contributed by atoms with E-state index in [4.69, 9.17) is 5.73 Å². The second-order valence-electron chi connectivity index (χ2n) is 8.47. The number of para-hydroxylation sites is 1. The summed E-state index contributed by atoms with van der Waals surface area (Å²) in [4.78, 5) is 59.5. The van der Waals surface area contributed by atoms with Crippen LogP contribution in [0, 0.1) is 0 Å². The highest BCUT2D eigenvalue weighted by atomic mass is 32.2.